The first-order chi connectivity index (χ1) is 8.80. The van der Waals surface area contributed by atoms with Crippen molar-refractivity contribution in [2.24, 2.45) is 0 Å². The van der Waals surface area contributed by atoms with Gasteiger partial charge in [0.05, 0.1) is 0 Å². The van der Waals surface area contributed by atoms with Gasteiger partial charge in [0.1, 0.15) is 0 Å². The maximum absolute atomic E-state index is 13.1. The minimum absolute atomic E-state index is 0.157. The molecule has 20 heavy (non-hydrogen) atoms. The lowest BCUT2D eigenvalue weighted by Gasteiger charge is -2.26. The highest BCUT2D eigenvalue weighted by atomic mass is 32.2. The highest BCUT2D eigenvalue weighted by molar-refractivity contribution is 7.86. The third-order valence-electron chi connectivity index (χ3n) is 1.86. The second-order valence-corrected chi connectivity index (χ2v) is 5.18. The van der Waals surface area contributed by atoms with E-state index in [1.54, 1.807) is 0 Å². The van der Waals surface area contributed by atoms with Crippen molar-refractivity contribution in [1.82, 2.24) is 0 Å². The van der Waals surface area contributed by atoms with Crippen molar-refractivity contribution in [3.63, 3.8) is 0 Å². The normalized spacial score (nSPS) is 15.8. The Kier molecular flexibility index (Phi) is 6.11. The standard InChI is InChI=1S/C9H12F4O6S/c1-4(2)8(14)19-5(3)18-6(7(10)11)9(12,13)20(15,16)17/h5-7H,1H2,2-3H3,(H,15,16,17). The van der Waals surface area contributed by atoms with E-state index in [-0.39, 0.29) is 5.57 Å². The van der Waals surface area contributed by atoms with Gasteiger partial charge in [0, 0.05) is 5.57 Å². The molecule has 0 aliphatic heterocycles. The first-order valence-electron chi connectivity index (χ1n) is 4.95. The molecule has 2 unspecified atom stereocenters. The summed E-state index contributed by atoms with van der Waals surface area (Å²) in [5.41, 5.74) is -0.157. The van der Waals surface area contributed by atoms with Gasteiger partial charge in [-0.15, -0.1) is 0 Å². The Bertz CT molecular complexity index is 475. The predicted octanol–water partition coefficient (Wildman–Crippen LogP) is 1.58. The summed E-state index contributed by atoms with van der Waals surface area (Å²) in [6.45, 7) is 5.16. The van der Waals surface area contributed by atoms with Gasteiger partial charge >= 0.3 is 21.3 Å². The maximum Gasteiger partial charge on any atom is 0.400 e. The van der Waals surface area contributed by atoms with Crippen LogP contribution in [0.15, 0.2) is 12.2 Å². The minimum Gasteiger partial charge on any atom is -0.433 e. The van der Waals surface area contributed by atoms with Crippen molar-refractivity contribution in [2.45, 2.75) is 37.9 Å². The Hall–Kier alpha value is -1.20. The lowest BCUT2D eigenvalue weighted by molar-refractivity contribution is -0.228. The van der Waals surface area contributed by atoms with Gasteiger partial charge in [-0.2, -0.15) is 17.2 Å². The van der Waals surface area contributed by atoms with E-state index in [9.17, 15) is 30.8 Å². The lowest BCUT2D eigenvalue weighted by atomic mass is 10.3. The van der Waals surface area contributed by atoms with Crippen LogP contribution in [0.3, 0.4) is 0 Å². The van der Waals surface area contributed by atoms with Crippen molar-refractivity contribution in [1.29, 1.82) is 0 Å². The molecule has 0 saturated carbocycles. The molecule has 0 bridgehead atoms. The number of hydrogen-bond acceptors (Lipinski definition) is 5. The van der Waals surface area contributed by atoms with Crippen LogP contribution in [0, 0.1) is 0 Å². The molecule has 0 aromatic heterocycles. The Balaban J connectivity index is 5.07. The molecule has 0 saturated heterocycles. The number of hydrogen-bond donors (Lipinski definition) is 1. The summed E-state index contributed by atoms with van der Waals surface area (Å²) in [6, 6.07) is 0. The molecule has 0 fully saturated rings. The Morgan fingerprint density at radius 3 is 2.10 bits per heavy atom. The quantitative estimate of drug-likeness (QED) is 0.251. The number of esters is 1. The smallest absolute Gasteiger partial charge is 0.400 e. The van der Waals surface area contributed by atoms with Crippen molar-refractivity contribution in [3.05, 3.63) is 12.2 Å². The number of alkyl halides is 4. The minimum atomic E-state index is -6.13. The predicted molar refractivity (Wildman–Crippen MR) is 57.7 cm³/mol. The van der Waals surface area contributed by atoms with Crippen molar-refractivity contribution in [3.8, 4) is 0 Å². The van der Waals surface area contributed by atoms with E-state index in [2.05, 4.69) is 16.1 Å². The van der Waals surface area contributed by atoms with E-state index < -0.39 is 40.2 Å². The summed E-state index contributed by atoms with van der Waals surface area (Å²) in [5.74, 6) is -1.11. The summed E-state index contributed by atoms with van der Waals surface area (Å²) < 4.78 is 88.4. The van der Waals surface area contributed by atoms with Crippen LogP contribution in [0.4, 0.5) is 17.6 Å². The highest BCUT2D eigenvalue weighted by Gasteiger charge is 2.57. The third-order valence-corrected chi connectivity index (χ3v) is 2.78. The van der Waals surface area contributed by atoms with Gasteiger partial charge in [0.25, 0.3) is 6.43 Å². The van der Waals surface area contributed by atoms with E-state index in [0.717, 1.165) is 6.92 Å². The Morgan fingerprint density at radius 2 is 1.80 bits per heavy atom. The van der Waals surface area contributed by atoms with Crippen LogP contribution in [0.1, 0.15) is 13.8 Å². The van der Waals surface area contributed by atoms with Crippen molar-refractivity contribution in [2.75, 3.05) is 0 Å². The van der Waals surface area contributed by atoms with Gasteiger partial charge in [0.2, 0.25) is 12.4 Å². The largest absolute Gasteiger partial charge is 0.433 e. The van der Waals surface area contributed by atoms with Gasteiger partial charge < -0.3 is 9.47 Å². The van der Waals surface area contributed by atoms with Crippen LogP contribution >= 0.6 is 0 Å². The number of rotatable bonds is 7. The average molecular weight is 324 g/mol. The fourth-order valence-corrected chi connectivity index (χ4v) is 1.37. The first kappa shape index (κ1) is 18.8. The second kappa shape index (κ2) is 6.50. The molecule has 0 aromatic carbocycles. The molecule has 0 aliphatic carbocycles. The fourth-order valence-electron chi connectivity index (χ4n) is 0.918. The molecule has 2 atom stereocenters. The van der Waals surface area contributed by atoms with Crippen LogP contribution < -0.4 is 0 Å². The summed E-state index contributed by atoms with van der Waals surface area (Å²) in [7, 11) is -6.13. The topological polar surface area (TPSA) is 89.9 Å². The van der Waals surface area contributed by atoms with Crippen molar-refractivity contribution >= 4 is 16.1 Å². The second-order valence-electron chi connectivity index (χ2n) is 3.68. The summed E-state index contributed by atoms with van der Waals surface area (Å²) >= 11 is 0. The fraction of sp³-hybridized carbons (Fsp3) is 0.667. The van der Waals surface area contributed by atoms with E-state index in [1.165, 1.54) is 6.92 Å². The van der Waals surface area contributed by atoms with Gasteiger partial charge in [-0.3, -0.25) is 4.55 Å². The molecule has 6 nitrogen and oxygen atoms in total. The molecule has 0 aliphatic rings. The summed E-state index contributed by atoms with van der Waals surface area (Å²) in [4.78, 5) is 11.0. The summed E-state index contributed by atoms with van der Waals surface area (Å²) in [5, 5.41) is -5.27. The molecule has 0 spiro atoms. The molecule has 0 radical (unpaired) electrons. The molecule has 118 valence electrons. The van der Waals surface area contributed by atoms with Crippen LogP contribution in [0.25, 0.3) is 0 Å². The van der Waals surface area contributed by atoms with Crippen LogP contribution in [-0.2, 0) is 24.4 Å². The zero-order valence-electron chi connectivity index (χ0n) is 10.3. The maximum atomic E-state index is 13.1. The molecule has 0 heterocycles. The van der Waals surface area contributed by atoms with E-state index >= 15 is 0 Å². The number of carbonyl (C=O) groups is 1. The monoisotopic (exact) mass is 324 g/mol. The zero-order valence-corrected chi connectivity index (χ0v) is 11.2. The van der Waals surface area contributed by atoms with Crippen LogP contribution in [-0.4, -0.2) is 43.0 Å². The molecule has 0 rings (SSSR count). The number of ether oxygens (including phenoxy) is 2. The molecule has 11 heteroatoms. The average Bonchev–Trinajstić information content (AvgIpc) is 2.23. The van der Waals surface area contributed by atoms with Gasteiger partial charge in [-0.05, 0) is 13.8 Å². The molecule has 1 N–H and O–H groups in total. The van der Waals surface area contributed by atoms with Gasteiger partial charge in [-0.25, -0.2) is 13.6 Å². The Labute approximate surface area is 112 Å². The van der Waals surface area contributed by atoms with Crippen LogP contribution in [0.5, 0.6) is 0 Å². The van der Waals surface area contributed by atoms with Crippen molar-refractivity contribution < 1.29 is 44.8 Å². The molecular weight excluding hydrogens is 312 g/mol. The van der Waals surface area contributed by atoms with E-state index in [4.69, 9.17) is 4.55 Å². The summed E-state index contributed by atoms with van der Waals surface area (Å²) in [6.07, 6.45) is -9.38. The Morgan fingerprint density at radius 1 is 1.35 bits per heavy atom. The number of carbonyl (C=O) groups excluding carboxylic acids is 1. The van der Waals surface area contributed by atoms with Gasteiger partial charge in [-0.1, -0.05) is 6.58 Å². The SMILES string of the molecule is C=C(C)C(=O)OC(C)OC(C(F)F)C(F)(F)S(=O)(=O)O. The molecule has 0 amide bonds. The highest BCUT2D eigenvalue weighted by Crippen LogP contribution is 2.32. The third kappa shape index (κ3) is 4.72. The molecule has 0 aromatic rings. The van der Waals surface area contributed by atoms with E-state index in [0.29, 0.717) is 0 Å². The number of halogens is 4. The van der Waals surface area contributed by atoms with Crippen LogP contribution in [0.2, 0.25) is 0 Å². The molecular formula is C9H12F4O6S. The van der Waals surface area contributed by atoms with Gasteiger partial charge in [0.15, 0.2) is 0 Å². The lowest BCUT2D eigenvalue weighted by Crippen LogP contribution is -2.48. The first-order valence-corrected chi connectivity index (χ1v) is 6.39. The zero-order chi connectivity index (χ0) is 16.3. The van der Waals surface area contributed by atoms with E-state index in [1.807, 2.05) is 0 Å².